The Kier molecular flexibility index (Phi) is 4.65. The summed E-state index contributed by atoms with van der Waals surface area (Å²) in [5.41, 5.74) is 7.82. The second kappa shape index (κ2) is 7.40. The predicted molar refractivity (Wildman–Crippen MR) is 112 cm³/mol. The van der Waals surface area contributed by atoms with E-state index in [2.05, 4.69) is 97.3 Å². The molecule has 0 radical (unpaired) electrons. The minimum absolute atomic E-state index is 0.410. The maximum absolute atomic E-state index is 4.76. The minimum Gasteiger partial charge on any atom is -0.278 e. The van der Waals surface area contributed by atoms with E-state index in [0.717, 1.165) is 23.4 Å². The molecule has 0 fully saturated rings. The van der Waals surface area contributed by atoms with Crippen molar-refractivity contribution in [2.75, 3.05) is 5.43 Å². The quantitative estimate of drug-likeness (QED) is 0.436. The number of rotatable bonds is 5. The van der Waals surface area contributed by atoms with E-state index in [1.54, 1.807) is 0 Å². The average molecular weight is 338 g/mol. The predicted octanol–water partition coefficient (Wildman–Crippen LogP) is 6.18. The van der Waals surface area contributed by atoms with Gasteiger partial charge in [-0.1, -0.05) is 84.5 Å². The van der Waals surface area contributed by atoms with Gasteiger partial charge in [0.2, 0.25) is 0 Å². The lowest BCUT2D eigenvalue weighted by molar-refractivity contribution is 0.870. The number of benzene rings is 3. The van der Waals surface area contributed by atoms with Gasteiger partial charge in [0.1, 0.15) is 0 Å². The van der Waals surface area contributed by atoms with E-state index in [-0.39, 0.29) is 0 Å². The van der Waals surface area contributed by atoms with Crippen molar-refractivity contribution in [2.24, 2.45) is 11.0 Å². The molecule has 0 saturated carbocycles. The summed E-state index contributed by atoms with van der Waals surface area (Å²) in [5.74, 6) is 0.410. The molecule has 0 spiro atoms. The lowest BCUT2D eigenvalue weighted by Gasteiger charge is -2.11. The number of hydrogen-bond acceptors (Lipinski definition) is 2. The van der Waals surface area contributed by atoms with Gasteiger partial charge in [0.25, 0.3) is 0 Å². The van der Waals surface area contributed by atoms with E-state index in [1.807, 2.05) is 6.07 Å². The van der Waals surface area contributed by atoms with Crippen LogP contribution < -0.4 is 5.43 Å². The van der Waals surface area contributed by atoms with Crippen LogP contribution in [0.5, 0.6) is 0 Å². The first kappa shape index (κ1) is 16.3. The molecule has 26 heavy (non-hydrogen) atoms. The Morgan fingerprint density at radius 2 is 1.69 bits per heavy atom. The highest BCUT2D eigenvalue weighted by Crippen LogP contribution is 2.22. The molecule has 0 amide bonds. The first-order valence-electron chi connectivity index (χ1n) is 9.01. The van der Waals surface area contributed by atoms with Crippen LogP contribution in [0.4, 0.5) is 5.69 Å². The fraction of sp³-hybridized carbons (Fsp3) is 0.125. The maximum Gasteiger partial charge on any atom is 0.0688 e. The zero-order chi connectivity index (χ0) is 17.8. The first-order chi connectivity index (χ1) is 12.8. The Morgan fingerprint density at radius 3 is 2.46 bits per heavy atom. The van der Waals surface area contributed by atoms with E-state index in [1.165, 1.54) is 16.3 Å². The Bertz CT molecular complexity index is 997. The normalized spacial score (nSPS) is 16.7. The summed E-state index contributed by atoms with van der Waals surface area (Å²) in [5, 5.41) is 7.22. The van der Waals surface area contributed by atoms with Gasteiger partial charge >= 0.3 is 0 Å². The van der Waals surface area contributed by atoms with Crippen LogP contribution >= 0.6 is 0 Å². The van der Waals surface area contributed by atoms with Gasteiger partial charge in [-0.2, -0.15) is 5.10 Å². The molecule has 128 valence electrons. The van der Waals surface area contributed by atoms with Gasteiger partial charge in [0, 0.05) is 12.3 Å². The summed E-state index contributed by atoms with van der Waals surface area (Å²) in [6.07, 6.45) is 7.63. The fourth-order valence-corrected chi connectivity index (χ4v) is 3.32. The van der Waals surface area contributed by atoms with E-state index >= 15 is 0 Å². The van der Waals surface area contributed by atoms with Crippen molar-refractivity contribution in [1.29, 1.82) is 0 Å². The molecule has 0 aromatic heterocycles. The monoisotopic (exact) mass is 338 g/mol. The van der Waals surface area contributed by atoms with Gasteiger partial charge in [0.15, 0.2) is 0 Å². The van der Waals surface area contributed by atoms with Crippen molar-refractivity contribution in [3.63, 3.8) is 0 Å². The molecule has 1 aliphatic carbocycles. The largest absolute Gasteiger partial charge is 0.278 e. The molecule has 0 bridgehead atoms. The molecule has 2 nitrogen and oxygen atoms in total. The summed E-state index contributed by atoms with van der Waals surface area (Å²) >= 11 is 0. The van der Waals surface area contributed by atoms with Crippen LogP contribution in [0.1, 0.15) is 18.9 Å². The fourth-order valence-electron chi connectivity index (χ4n) is 3.32. The molecule has 0 heterocycles. The summed E-state index contributed by atoms with van der Waals surface area (Å²) in [6, 6.07) is 25.1. The number of fused-ring (bicyclic) bond motifs is 1. The van der Waals surface area contributed by atoms with Crippen molar-refractivity contribution >= 4 is 22.2 Å². The SMILES string of the molecule is CC1=CC(CC(=NNc2ccc3ccccc3c2)c2ccccc2)C=C1. The number of anilines is 1. The summed E-state index contributed by atoms with van der Waals surface area (Å²) < 4.78 is 0. The van der Waals surface area contributed by atoms with Crippen molar-refractivity contribution in [3.8, 4) is 0 Å². The van der Waals surface area contributed by atoms with Crippen LogP contribution in [0, 0.1) is 5.92 Å². The highest BCUT2D eigenvalue weighted by Gasteiger charge is 2.13. The van der Waals surface area contributed by atoms with E-state index in [4.69, 9.17) is 5.10 Å². The summed E-state index contributed by atoms with van der Waals surface area (Å²) in [7, 11) is 0. The number of allylic oxidation sites excluding steroid dienone is 4. The van der Waals surface area contributed by atoms with Gasteiger partial charge in [-0.15, -0.1) is 0 Å². The smallest absolute Gasteiger partial charge is 0.0688 e. The van der Waals surface area contributed by atoms with Crippen LogP contribution in [0.2, 0.25) is 0 Å². The Balaban J connectivity index is 1.60. The highest BCUT2D eigenvalue weighted by atomic mass is 15.3. The van der Waals surface area contributed by atoms with Gasteiger partial charge in [-0.25, -0.2) is 0 Å². The summed E-state index contributed by atoms with van der Waals surface area (Å²) in [4.78, 5) is 0. The number of hydrazone groups is 1. The lowest BCUT2D eigenvalue weighted by Crippen LogP contribution is -2.08. The molecule has 2 heteroatoms. The Morgan fingerprint density at radius 1 is 0.923 bits per heavy atom. The van der Waals surface area contributed by atoms with Crippen LogP contribution in [0.3, 0.4) is 0 Å². The number of hydrogen-bond donors (Lipinski definition) is 1. The molecule has 1 N–H and O–H groups in total. The van der Waals surface area contributed by atoms with Crippen LogP contribution in [0.25, 0.3) is 10.8 Å². The third-order valence-corrected chi connectivity index (χ3v) is 4.69. The van der Waals surface area contributed by atoms with Crippen LogP contribution in [-0.4, -0.2) is 5.71 Å². The zero-order valence-corrected chi connectivity index (χ0v) is 14.9. The van der Waals surface area contributed by atoms with Crippen molar-refractivity contribution in [2.45, 2.75) is 13.3 Å². The highest BCUT2D eigenvalue weighted by molar-refractivity contribution is 6.01. The van der Waals surface area contributed by atoms with Crippen LogP contribution in [-0.2, 0) is 0 Å². The second-order valence-electron chi connectivity index (χ2n) is 6.74. The zero-order valence-electron chi connectivity index (χ0n) is 14.9. The third-order valence-electron chi connectivity index (χ3n) is 4.69. The standard InChI is InChI=1S/C24H22N2/c1-18-11-12-19(15-18)16-24(21-8-3-2-4-9-21)26-25-23-14-13-20-7-5-6-10-22(20)17-23/h2-15,17,19,25H,16H2,1H3. The average Bonchev–Trinajstić information content (AvgIpc) is 3.10. The molecular weight excluding hydrogens is 316 g/mol. The Hall–Kier alpha value is -3.13. The van der Waals surface area contributed by atoms with Gasteiger partial charge < -0.3 is 0 Å². The lowest BCUT2D eigenvalue weighted by atomic mass is 9.98. The molecule has 1 unspecified atom stereocenters. The summed E-state index contributed by atoms with van der Waals surface area (Å²) in [6.45, 7) is 2.14. The van der Waals surface area contributed by atoms with Gasteiger partial charge in [-0.3, -0.25) is 5.43 Å². The minimum atomic E-state index is 0.410. The van der Waals surface area contributed by atoms with E-state index in [0.29, 0.717) is 5.92 Å². The van der Waals surface area contributed by atoms with Crippen LogP contribution in [0.15, 0.2) is 102 Å². The van der Waals surface area contributed by atoms with E-state index in [9.17, 15) is 0 Å². The second-order valence-corrected chi connectivity index (χ2v) is 6.74. The van der Waals surface area contributed by atoms with Crippen molar-refractivity contribution in [1.82, 2.24) is 0 Å². The Labute approximate surface area is 154 Å². The topological polar surface area (TPSA) is 24.4 Å². The third kappa shape index (κ3) is 3.75. The number of nitrogens with one attached hydrogen (secondary N) is 1. The molecule has 1 atom stereocenters. The number of nitrogens with zero attached hydrogens (tertiary/aromatic N) is 1. The maximum atomic E-state index is 4.76. The van der Waals surface area contributed by atoms with Crippen molar-refractivity contribution in [3.05, 3.63) is 102 Å². The van der Waals surface area contributed by atoms with Gasteiger partial charge in [0.05, 0.1) is 11.4 Å². The molecule has 1 aliphatic rings. The van der Waals surface area contributed by atoms with E-state index < -0.39 is 0 Å². The molecule has 3 aromatic rings. The molecule has 4 rings (SSSR count). The molecule has 0 aliphatic heterocycles. The molecular formula is C24H22N2. The molecule has 0 saturated heterocycles. The first-order valence-corrected chi connectivity index (χ1v) is 9.01. The van der Waals surface area contributed by atoms with Gasteiger partial charge in [-0.05, 0) is 35.4 Å². The van der Waals surface area contributed by atoms with Crippen molar-refractivity contribution < 1.29 is 0 Å². The molecule has 3 aromatic carbocycles.